The zero-order valence-electron chi connectivity index (χ0n) is 8.43. The Morgan fingerprint density at radius 1 is 1.50 bits per heavy atom. The average Bonchev–Trinajstić information content (AvgIpc) is 2.01. The van der Waals surface area contributed by atoms with Crippen molar-refractivity contribution in [2.75, 3.05) is 6.61 Å². The minimum Gasteiger partial charge on any atom is -0.396 e. The molecule has 0 saturated heterocycles. The summed E-state index contributed by atoms with van der Waals surface area (Å²) < 4.78 is 0. The van der Waals surface area contributed by atoms with E-state index in [2.05, 4.69) is 27.4 Å². The molecule has 1 nitrogen and oxygen atoms in total. The molecule has 0 aliphatic heterocycles. The molecular formula is C11H20O. The molecule has 1 N–H and O–H groups in total. The van der Waals surface area contributed by atoms with Crippen molar-refractivity contribution in [3.05, 3.63) is 12.2 Å². The first-order valence-corrected chi connectivity index (χ1v) is 4.80. The number of hydrogen-bond acceptors (Lipinski definition) is 1. The van der Waals surface area contributed by atoms with E-state index in [-0.39, 0.29) is 5.41 Å². The van der Waals surface area contributed by atoms with Crippen LogP contribution in [0.3, 0.4) is 0 Å². The molecule has 1 aliphatic carbocycles. The quantitative estimate of drug-likeness (QED) is 0.597. The van der Waals surface area contributed by atoms with E-state index in [4.69, 9.17) is 0 Å². The minimum absolute atomic E-state index is 0.131. The Morgan fingerprint density at radius 3 is 2.58 bits per heavy atom. The molecule has 0 bridgehead atoms. The maximum atomic E-state index is 9.19. The second-order valence-corrected chi connectivity index (χ2v) is 4.60. The van der Waals surface area contributed by atoms with Crippen molar-refractivity contribution in [3.63, 3.8) is 0 Å². The van der Waals surface area contributed by atoms with Crippen molar-refractivity contribution in [2.45, 2.75) is 33.6 Å². The molecule has 0 aromatic rings. The third kappa shape index (κ3) is 1.42. The van der Waals surface area contributed by atoms with Crippen LogP contribution in [-0.4, -0.2) is 11.7 Å². The molecule has 1 fully saturated rings. The van der Waals surface area contributed by atoms with Gasteiger partial charge in [0, 0.05) is 6.61 Å². The van der Waals surface area contributed by atoms with Gasteiger partial charge in [-0.15, -0.1) is 0 Å². The van der Waals surface area contributed by atoms with Crippen LogP contribution in [-0.2, 0) is 0 Å². The summed E-state index contributed by atoms with van der Waals surface area (Å²) in [5.41, 5.74) is 1.44. The van der Waals surface area contributed by atoms with Gasteiger partial charge in [-0.1, -0.05) is 32.9 Å². The zero-order chi connectivity index (χ0) is 9.35. The fraction of sp³-hybridized carbons (Fsp3) is 0.818. The molecule has 2 unspecified atom stereocenters. The summed E-state index contributed by atoms with van der Waals surface area (Å²) in [4.78, 5) is 0. The van der Waals surface area contributed by atoms with Crippen molar-refractivity contribution in [3.8, 4) is 0 Å². The maximum Gasteiger partial charge on any atom is 0.0467 e. The predicted octanol–water partition coefficient (Wildman–Crippen LogP) is 2.61. The largest absolute Gasteiger partial charge is 0.396 e. The van der Waals surface area contributed by atoms with E-state index in [0.29, 0.717) is 18.4 Å². The van der Waals surface area contributed by atoms with Crippen LogP contribution < -0.4 is 0 Å². The SMILES string of the molecule is C=C1C(C)CCC(CO)C1(C)C. The monoisotopic (exact) mass is 168 g/mol. The lowest BCUT2D eigenvalue weighted by molar-refractivity contribution is 0.100. The zero-order valence-corrected chi connectivity index (χ0v) is 8.43. The van der Waals surface area contributed by atoms with Gasteiger partial charge in [0.2, 0.25) is 0 Å². The number of allylic oxidation sites excluding steroid dienone is 1. The van der Waals surface area contributed by atoms with Crippen LogP contribution in [0.25, 0.3) is 0 Å². The molecule has 0 radical (unpaired) electrons. The van der Waals surface area contributed by atoms with Gasteiger partial charge in [0.1, 0.15) is 0 Å². The van der Waals surface area contributed by atoms with Gasteiger partial charge in [-0.3, -0.25) is 0 Å². The lowest BCUT2D eigenvalue weighted by Gasteiger charge is -2.43. The third-order valence-electron chi connectivity index (χ3n) is 3.61. The van der Waals surface area contributed by atoms with E-state index < -0.39 is 0 Å². The molecule has 1 saturated carbocycles. The number of aliphatic hydroxyl groups is 1. The molecule has 0 spiro atoms. The number of aliphatic hydroxyl groups excluding tert-OH is 1. The van der Waals surface area contributed by atoms with E-state index in [1.54, 1.807) is 0 Å². The normalized spacial score (nSPS) is 35.2. The summed E-state index contributed by atoms with van der Waals surface area (Å²) in [5, 5.41) is 9.19. The molecule has 1 rings (SSSR count). The van der Waals surface area contributed by atoms with Crippen molar-refractivity contribution < 1.29 is 5.11 Å². The summed E-state index contributed by atoms with van der Waals surface area (Å²) in [6, 6.07) is 0. The Morgan fingerprint density at radius 2 is 2.08 bits per heavy atom. The van der Waals surface area contributed by atoms with Gasteiger partial charge in [0.25, 0.3) is 0 Å². The van der Waals surface area contributed by atoms with Crippen LogP contribution in [0.1, 0.15) is 33.6 Å². The molecule has 0 aromatic carbocycles. The smallest absolute Gasteiger partial charge is 0.0467 e. The van der Waals surface area contributed by atoms with Gasteiger partial charge >= 0.3 is 0 Å². The lowest BCUT2D eigenvalue weighted by atomic mass is 9.63. The van der Waals surface area contributed by atoms with E-state index in [1.807, 2.05) is 0 Å². The predicted molar refractivity (Wildman–Crippen MR) is 51.9 cm³/mol. The fourth-order valence-electron chi connectivity index (χ4n) is 2.20. The second kappa shape index (κ2) is 3.21. The molecule has 1 heteroatoms. The highest BCUT2D eigenvalue weighted by Crippen LogP contribution is 2.46. The van der Waals surface area contributed by atoms with E-state index in [0.717, 1.165) is 6.42 Å². The lowest BCUT2D eigenvalue weighted by Crippen LogP contribution is -2.35. The van der Waals surface area contributed by atoms with Crippen molar-refractivity contribution in [1.29, 1.82) is 0 Å². The summed E-state index contributed by atoms with van der Waals surface area (Å²) in [6.07, 6.45) is 2.33. The Hall–Kier alpha value is -0.300. The molecule has 0 heterocycles. The number of rotatable bonds is 1. The van der Waals surface area contributed by atoms with Gasteiger partial charge in [0.15, 0.2) is 0 Å². The molecular weight excluding hydrogens is 148 g/mol. The van der Waals surface area contributed by atoms with Gasteiger partial charge < -0.3 is 5.11 Å². The van der Waals surface area contributed by atoms with Crippen LogP contribution in [0.5, 0.6) is 0 Å². The van der Waals surface area contributed by atoms with E-state index in [1.165, 1.54) is 12.0 Å². The van der Waals surface area contributed by atoms with Crippen molar-refractivity contribution in [2.24, 2.45) is 17.3 Å². The molecule has 12 heavy (non-hydrogen) atoms. The van der Waals surface area contributed by atoms with Crippen LogP contribution in [0.4, 0.5) is 0 Å². The Labute approximate surface area is 75.5 Å². The van der Waals surface area contributed by atoms with Crippen LogP contribution in [0, 0.1) is 17.3 Å². The van der Waals surface area contributed by atoms with Gasteiger partial charge in [-0.05, 0) is 30.1 Å². The van der Waals surface area contributed by atoms with Crippen molar-refractivity contribution >= 4 is 0 Å². The summed E-state index contributed by atoms with van der Waals surface area (Å²) >= 11 is 0. The first kappa shape index (κ1) is 9.79. The Balaban J connectivity index is 2.80. The molecule has 70 valence electrons. The summed E-state index contributed by atoms with van der Waals surface area (Å²) in [6.45, 7) is 11.1. The van der Waals surface area contributed by atoms with Crippen molar-refractivity contribution in [1.82, 2.24) is 0 Å². The van der Waals surface area contributed by atoms with E-state index >= 15 is 0 Å². The highest BCUT2D eigenvalue weighted by molar-refractivity contribution is 5.15. The van der Waals surface area contributed by atoms with Gasteiger partial charge in [-0.25, -0.2) is 0 Å². The average molecular weight is 168 g/mol. The summed E-state index contributed by atoms with van der Waals surface area (Å²) in [5.74, 6) is 1.05. The molecule has 1 aliphatic rings. The Kier molecular flexibility index (Phi) is 2.62. The molecule has 0 aromatic heterocycles. The molecule has 0 amide bonds. The first-order chi connectivity index (χ1) is 5.50. The molecule has 2 atom stereocenters. The topological polar surface area (TPSA) is 20.2 Å². The highest BCUT2D eigenvalue weighted by atomic mass is 16.3. The summed E-state index contributed by atoms with van der Waals surface area (Å²) in [7, 11) is 0. The van der Waals surface area contributed by atoms with Crippen LogP contribution >= 0.6 is 0 Å². The van der Waals surface area contributed by atoms with Crippen LogP contribution in [0.15, 0.2) is 12.2 Å². The first-order valence-electron chi connectivity index (χ1n) is 4.80. The van der Waals surface area contributed by atoms with Crippen LogP contribution in [0.2, 0.25) is 0 Å². The maximum absolute atomic E-state index is 9.19. The minimum atomic E-state index is 0.131. The van der Waals surface area contributed by atoms with E-state index in [9.17, 15) is 5.11 Å². The number of hydrogen-bond donors (Lipinski definition) is 1. The Bertz CT molecular complexity index is 181. The third-order valence-corrected chi connectivity index (χ3v) is 3.61. The highest BCUT2D eigenvalue weighted by Gasteiger charge is 2.37. The standard InChI is InChI=1S/C11H20O/c1-8-5-6-10(7-12)11(3,4)9(8)2/h8,10,12H,2,5-7H2,1,3-4H3. The fourth-order valence-corrected chi connectivity index (χ4v) is 2.20. The van der Waals surface area contributed by atoms with Gasteiger partial charge in [0.05, 0.1) is 0 Å². The second-order valence-electron chi connectivity index (χ2n) is 4.60. The van der Waals surface area contributed by atoms with Gasteiger partial charge in [-0.2, -0.15) is 0 Å².